The second-order valence-electron chi connectivity index (χ2n) is 4.72. The zero-order valence-corrected chi connectivity index (χ0v) is 12.6. The van der Waals surface area contributed by atoms with Crippen molar-refractivity contribution in [3.05, 3.63) is 83.9 Å². The summed E-state index contributed by atoms with van der Waals surface area (Å²) in [7, 11) is 0. The molecule has 0 saturated carbocycles. The lowest BCUT2D eigenvalue weighted by Gasteiger charge is -2.14. The molecule has 22 heavy (non-hydrogen) atoms. The van der Waals surface area contributed by atoms with Crippen molar-refractivity contribution in [3.8, 4) is 0 Å². The summed E-state index contributed by atoms with van der Waals surface area (Å²) in [6.07, 6.45) is 0. The number of hydrogen-bond donors (Lipinski definition) is 1. The largest absolute Gasteiger partial charge is 0.462 e. The van der Waals surface area contributed by atoms with Crippen molar-refractivity contribution < 1.29 is 9.53 Å². The Bertz CT molecular complexity index is 688. The lowest BCUT2D eigenvalue weighted by molar-refractivity contribution is -0.137. The Hall–Kier alpha value is -2.81. The molecule has 0 bridgehead atoms. The molecule has 0 aliphatic rings. The average Bonchev–Trinajstić information content (AvgIpc) is 2.56. The third-order valence-electron chi connectivity index (χ3n) is 3.26. The van der Waals surface area contributed by atoms with E-state index in [1.54, 1.807) is 6.92 Å². The van der Waals surface area contributed by atoms with Crippen LogP contribution in [0.4, 0.5) is 0 Å². The summed E-state index contributed by atoms with van der Waals surface area (Å²) in [4.78, 5) is 12.4. The fourth-order valence-corrected chi connectivity index (χ4v) is 2.14. The van der Waals surface area contributed by atoms with E-state index in [-0.39, 0.29) is 6.61 Å². The summed E-state index contributed by atoms with van der Waals surface area (Å²) in [5.74, 6) is -0.460. The lowest BCUT2D eigenvalue weighted by atomic mass is 9.95. The van der Waals surface area contributed by atoms with E-state index in [4.69, 9.17) is 10.5 Å². The van der Waals surface area contributed by atoms with Crippen LogP contribution in [-0.2, 0) is 9.53 Å². The topological polar surface area (TPSA) is 52.3 Å². The van der Waals surface area contributed by atoms with Crippen molar-refractivity contribution in [1.29, 1.82) is 0 Å². The van der Waals surface area contributed by atoms with Gasteiger partial charge >= 0.3 is 5.97 Å². The van der Waals surface area contributed by atoms with Gasteiger partial charge in [0.1, 0.15) is 0 Å². The molecule has 0 saturated heterocycles. The molecule has 0 unspecified atom stereocenters. The first-order valence-corrected chi connectivity index (χ1v) is 7.12. The van der Waals surface area contributed by atoms with Crippen molar-refractivity contribution in [2.75, 3.05) is 6.61 Å². The number of hydrogen-bond acceptors (Lipinski definition) is 3. The number of ether oxygens (including phenoxy) is 1. The van der Waals surface area contributed by atoms with Crippen LogP contribution >= 0.6 is 0 Å². The Balaban J connectivity index is 2.52. The molecule has 0 spiro atoms. The minimum atomic E-state index is -0.460. The smallest absolute Gasteiger partial charge is 0.340 e. The van der Waals surface area contributed by atoms with Gasteiger partial charge in [-0.25, -0.2) is 4.79 Å². The van der Waals surface area contributed by atoms with Crippen LogP contribution in [-0.4, -0.2) is 12.6 Å². The Morgan fingerprint density at radius 2 is 1.50 bits per heavy atom. The molecule has 2 N–H and O–H groups in total. The normalized spacial score (nSPS) is 11.5. The van der Waals surface area contributed by atoms with Gasteiger partial charge in [-0.2, -0.15) is 0 Å². The van der Waals surface area contributed by atoms with Crippen molar-refractivity contribution in [1.82, 2.24) is 0 Å². The molecule has 2 rings (SSSR count). The first-order valence-electron chi connectivity index (χ1n) is 7.12. The highest BCUT2D eigenvalue weighted by atomic mass is 16.5. The summed E-state index contributed by atoms with van der Waals surface area (Å²) in [5.41, 5.74) is 9.06. The van der Waals surface area contributed by atoms with E-state index in [9.17, 15) is 4.79 Å². The predicted molar refractivity (Wildman–Crippen MR) is 89.7 cm³/mol. The summed E-state index contributed by atoms with van der Waals surface area (Å²) in [6, 6.07) is 18.8. The number of esters is 1. The van der Waals surface area contributed by atoms with Gasteiger partial charge in [0, 0.05) is 0 Å². The molecule has 0 atom stereocenters. The number of carbonyl (C=O) groups excluding carboxylic acids is 1. The summed E-state index contributed by atoms with van der Waals surface area (Å²) >= 11 is 0. The number of rotatable bonds is 5. The van der Waals surface area contributed by atoms with Gasteiger partial charge in [-0.3, -0.25) is 0 Å². The molecule has 112 valence electrons. The monoisotopic (exact) mass is 293 g/mol. The highest BCUT2D eigenvalue weighted by Crippen LogP contribution is 2.27. The van der Waals surface area contributed by atoms with Gasteiger partial charge in [0.2, 0.25) is 0 Å². The minimum Gasteiger partial charge on any atom is -0.462 e. The molecule has 2 aromatic rings. The maximum atomic E-state index is 12.4. The highest BCUT2D eigenvalue weighted by Gasteiger charge is 2.20. The molecule has 0 aliphatic heterocycles. The van der Waals surface area contributed by atoms with Crippen LogP contribution in [0.15, 0.2) is 72.8 Å². The number of carbonyl (C=O) groups is 1. The minimum absolute atomic E-state index is 0.284. The molecular weight excluding hydrogens is 274 g/mol. The van der Waals surface area contributed by atoms with Crippen LogP contribution in [0.2, 0.25) is 0 Å². The molecule has 2 aromatic carbocycles. The third-order valence-corrected chi connectivity index (χ3v) is 3.26. The molecule has 3 nitrogen and oxygen atoms in total. The van der Waals surface area contributed by atoms with E-state index < -0.39 is 5.97 Å². The van der Waals surface area contributed by atoms with Crippen molar-refractivity contribution in [2.45, 2.75) is 6.92 Å². The molecule has 0 heterocycles. The average molecular weight is 293 g/mol. The van der Waals surface area contributed by atoms with Crippen LogP contribution in [0.25, 0.3) is 11.3 Å². The van der Waals surface area contributed by atoms with Gasteiger partial charge in [0.25, 0.3) is 0 Å². The molecule has 0 amide bonds. The fourth-order valence-electron chi connectivity index (χ4n) is 2.14. The first-order chi connectivity index (χ1) is 10.6. The number of nitrogens with two attached hydrogens (primary N) is 1. The third kappa shape index (κ3) is 3.44. The zero-order chi connectivity index (χ0) is 15.9. The maximum Gasteiger partial charge on any atom is 0.340 e. The van der Waals surface area contributed by atoms with Gasteiger partial charge in [0.05, 0.1) is 17.9 Å². The molecule has 3 heteroatoms. The van der Waals surface area contributed by atoms with Gasteiger partial charge in [-0.05, 0) is 23.6 Å². The van der Waals surface area contributed by atoms with Crippen LogP contribution < -0.4 is 5.73 Å². The maximum absolute atomic E-state index is 12.4. The van der Waals surface area contributed by atoms with Gasteiger partial charge in [-0.15, -0.1) is 0 Å². The number of benzene rings is 2. The van der Waals surface area contributed by atoms with Crippen LogP contribution in [0, 0.1) is 0 Å². The summed E-state index contributed by atoms with van der Waals surface area (Å²) < 4.78 is 5.15. The zero-order valence-electron chi connectivity index (χ0n) is 12.6. The Morgan fingerprint density at radius 3 is 2.00 bits per heavy atom. The van der Waals surface area contributed by atoms with E-state index in [0.717, 1.165) is 11.1 Å². The molecular formula is C19H19NO2. The van der Waals surface area contributed by atoms with Crippen molar-refractivity contribution >= 4 is 17.2 Å². The van der Waals surface area contributed by atoms with E-state index in [0.29, 0.717) is 16.8 Å². The second kappa shape index (κ2) is 7.27. The standard InChI is InChI=1S/C19H19NO2/c1-3-22-19(21)17(14(2)15-10-6-4-7-11-15)18(20)16-12-8-5-9-13-16/h4-13H,2-3,20H2,1H3/b18-17+. The van der Waals surface area contributed by atoms with E-state index >= 15 is 0 Å². The SMILES string of the molecule is C=C(/C(C(=O)OCC)=C(\N)c1ccccc1)c1ccccc1. The Labute approximate surface area is 130 Å². The van der Waals surface area contributed by atoms with Crippen molar-refractivity contribution in [3.63, 3.8) is 0 Å². The molecule has 0 aliphatic carbocycles. The van der Waals surface area contributed by atoms with E-state index in [1.807, 2.05) is 60.7 Å². The van der Waals surface area contributed by atoms with E-state index in [2.05, 4.69) is 6.58 Å². The van der Waals surface area contributed by atoms with Gasteiger partial charge < -0.3 is 10.5 Å². The molecule has 0 aromatic heterocycles. The highest BCUT2D eigenvalue weighted by molar-refractivity contribution is 6.12. The van der Waals surface area contributed by atoms with Crippen LogP contribution in [0.1, 0.15) is 18.1 Å². The predicted octanol–water partition coefficient (Wildman–Crippen LogP) is 3.63. The van der Waals surface area contributed by atoms with Gasteiger partial charge in [-0.1, -0.05) is 67.2 Å². The summed E-state index contributed by atoms with van der Waals surface area (Å²) in [5, 5.41) is 0. The summed E-state index contributed by atoms with van der Waals surface area (Å²) in [6.45, 7) is 6.08. The van der Waals surface area contributed by atoms with Gasteiger partial charge in [0.15, 0.2) is 0 Å². The second-order valence-corrected chi connectivity index (χ2v) is 4.72. The quantitative estimate of drug-likeness (QED) is 0.520. The van der Waals surface area contributed by atoms with Crippen molar-refractivity contribution in [2.24, 2.45) is 5.73 Å². The molecule has 0 radical (unpaired) electrons. The Morgan fingerprint density at radius 1 is 1.00 bits per heavy atom. The van der Waals surface area contributed by atoms with E-state index in [1.165, 1.54) is 0 Å². The van der Waals surface area contributed by atoms with Crippen LogP contribution in [0.3, 0.4) is 0 Å². The lowest BCUT2D eigenvalue weighted by Crippen LogP contribution is -2.14. The van der Waals surface area contributed by atoms with Crippen LogP contribution in [0.5, 0.6) is 0 Å². The Kier molecular flexibility index (Phi) is 5.15. The molecule has 0 fully saturated rings. The first kappa shape index (κ1) is 15.6. The fraction of sp³-hybridized carbons (Fsp3) is 0.105.